The number of rotatable bonds is 4. The van der Waals surface area contributed by atoms with Crippen LogP contribution in [0.5, 0.6) is 0 Å². The molecule has 3 N–H and O–H groups in total. The van der Waals surface area contributed by atoms with Gasteiger partial charge >= 0.3 is 0 Å². The van der Waals surface area contributed by atoms with E-state index in [1.54, 1.807) is 4.90 Å². The number of hydrogen-bond donors (Lipinski definition) is 3. The Morgan fingerprint density at radius 2 is 2.00 bits per heavy atom. The van der Waals surface area contributed by atoms with Gasteiger partial charge in [0.25, 0.3) is 0 Å². The number of aromatic nitrogens is 1. The molecule has 130 valence electrons. The molecular weight excluding hydrogens is 298 g/mol. The van der Waals surface area contributed by atoms with Crippen LogP contribution in [0, 0.1) is 6.92 Å². The highest BCUT2D eigenvalue weighted by Crippen LogP contribution is 2.14. The Bertz CT molecular complexity index is 772. The molecule has 1 unspecified atom stereocenters. The summed E-state index contributed by atoms with van der Waals surface area (Å²) < 4.78 is 0. The summed E-state index contributed by atoms with van der Waals surface area (Å²) in [7, 11) is 4.52. The molecule has 4 heteroatoms. The van der Waals surface area contributed by atoms with E-state index in [1.165, 1.54) is 36.4 Å². The summed E-state index contributed by atoms with van der Waals surface area (Å²) in [5, 5.41) is 0.843. The lowest BCUT2D eigenvalue weighted by Gasteiger charge is -2.30. The fourth-order valence-corrected chi connectivity index (χ4v) is 3.96. The minimum Gasteiger partial charge on any atom is -0.358 e. The largest absolute Gasteiger partial charge is 0.358 e. The number of pyridine rings is 1. The van der Waals surface area contributed by atoms with E-state index >= 15 is 0 Å². The minimum absolute atomic E-state index is 0.217. The zero-order valence-corrected chi connectivity index (χ0v) is 15.5. The zero-order chi connectivity index (χ0) is 17.3. The molecule has 24 heavy (non-hydrogen) atoms. The second-order valence-corrected chi connectivity index (χ2v) is 7.55. The van der Waals surface area contributed by atoms with Gasteiger partial charge in [-0.15, -0.1) is 0 Å². The summed E-state index contributed by atoms with van der Waals surface area (Å²) in [6.45, 7) is 7.47. The first-order valence-electron chi connectivity index (χ1n) is 9.27. The van der Waals surface area contributed by atoms with E-state index < -0.39 is 0 Å². The molecule has 0 amide bonds. The molecule has 1 atom stereocenters. The average molecular weight is 329 g/mol. The molecule has 2 aromatic rings. The maximum atomic E-state index is 13.1. The molecule has 2 heterocycles. The third-order valence-electron chi connectivity index (χ3n) is 5.78. The summed E-state index contributed by atoms with van der Waals surface area (Å²) in [6.07, 6.45) is 3.46. The number of fused-ring (bicyclic) bond motifs is 1. The molecule has 1 fully saturated rings. The smallest absolute Gasteiger partial charge is 0.198 e. The summed E-state index contributed by atoms with van der Waals surface area (Å²) in [4.78, 5) is 19.6. The molecule has 1 aliphatic rings. The number of aromatic amines is 1. The Hall–Kier alpha value is -1.65. The Labute approximate surface area is 144 Å². The maximum absolute atomic E-state index is 13.1. The van der Waals surface area contributed by atoms with Gasteiger partial charge in [0.15, 0.2) is 5.43 Å². The van der Waals surface area contributed by atoms with Crippen molar-refractivity contribution >= 4 is 10.9 Å². The highest BCUT2D eigenvalue weighted by molar-refractivity contribution is 5.80. The van der Waals surface area contributed by atoms with E-state index in [0.29, 0.717) is 6.04 Å². The minimum atomic E-state index is 0.217. The average Bonchev–Trinajstić information content (AvgIpc) is 2.58. The highest BCUT2D eigenvalue weighted by atomic mass is 16.1. The first-order valence-corrected chi connectivity index (χ1v) is 9.27. The van der Waals surface area contributed by atoms with Crippen molar-refractivity contribution in [1.29, 1.82) is 0 Å². The topological polar surface area (TPSA) is 41.7 Å². The van der Waals surface area contributed by atoms with E-state index in [-0.39, 0.29) is 5.43 Å². The molecule has 0 spiro atoms. The van der Waals surface area contributed by atoms with Crippen molar-refractivity contribution in [1.82, 2.24) is 4.98 Å². The van der Waals surface area contributed by atoms with Gasteiger partial charge < -0.3 is 14.8 Å². The van der Waals surface area contributed by atoms with E-state index in [4.69, 9.17) is 0 Å². The van der Waals surface area contributed by atoms with Crippen molar-refractivity contribution in [3.05, 3.63) is 45.2 Å². The Morgan fingerprint density at radius 3 is 2.67 bits per heavy atom. The molecule has 0 radical (unpaired) electrons. The first-order chi connectivity index (χ1) is 11.5. The first kappa shape index (κ1) is 17.2. The molecule has 0 saturated carbocycles. The number of piperidine rings is 1. The van der Waals surface area contributed by atoms with Crippen molar-refractivity contribution in [2.45, 2.75) is 45.7 Å². The van der Waals surface area contributed by atoms with Crippen LogP contribution in [0.2, 0.25) is 0 Å². The Balaban J connectivity index is 1.89. The summed E-state index contributed by atoms with van der Waals surface area (Å²) >= 11 is 0. The van der Waals surface area contributed by atoms with Gasteiger partial charge in [-0.1, -0.05) is 13.0 Å². The van der Waals surface area contributed by atoms with Crippen LogP contribution in [0.15, 0.2) is 23.0 Å². The summed E-state index contributed by atoms with van der Waals surface area (Å²) in [5.74, 6) is 0. The maximum Gasteiger partial charge on any atom is 0.198 e. The van der Waals surface area contributed by atoms with Gasteiger partial charge in [0.2, 0.25) is 0 Å². The number of aryl methyl sites for hydroxylation is 2. The van der Waals surface area contributed by atoms with Gasteiger partial charge in [-0.05, 0) is 31.0 Å². The van der Waals surface area contributed by atoms with Crippen LogP contribution >= 0.6 is 0 Å². The van der Waals surface area contributed by atoms with Crippen LogP contribution in [0.25, 0.3) is 10.9 Å². The van der Waals surface area contributed by atoms with Crippen molar-refractivity contribution in [3.8, 4) is 0 Å². The number of quaternary nitrogens is 2. The molecule has 1 aromatic heterocycles. The predicted octanol–water partition coefficient (Wildman–Crippen LogP) is 0.0907. The molecule has 1 saturated heterocycles. The van der Waals surface area contributed by atoms with E-state index in [1.807, 2.05) is 13.0 Å². The zero-order valence-electron chi connectivity index (χ0n) is 15.5. The fourth-order valence-electron chi connectivity index (χ4n) is 3.96. The van der Waals surface area contributed by atoms with Crippen molar-refractivity contribution in [2.75, 3.05) is 27.2 Å². The van der Waals surface area contributed by atoms with Gasteiger partial charge in [0.1, 0.15) is 6.54 Å². The number of nitrogens with one attached hydrogen (secondary N) is 3. The van der Waals surface area contributed by atoms with E-state index in [2.05, 4.69) is 38.1 Å². The normalized spacial score (nSPS) is 22.7. The number of H-pyrrole nitrogens is 1. The SMILES string of the molecule is CCc1ccc2[nH]c(C)c(C[NH+](C)C3CC[NH+](C)CC3)c(=O)c2c1. The monoisotopic (exact) mass is 329 g/mol. The Kier molecular flexibility index (Phi) is 5.07. The summed E-state index contributed by atoms with van der Waals surface area (Å²) in [6, 6.07) is 6.88. The molecule has 4 nitrogen and oxygen atoms in total. The lowest BCUT2D eigenvalue weighted by atomic mass is 10.0. The van der Waals surface area contributed by atoms with Gasteiger partial charge in [0, 0.05) is 29.4 Å². The third-order valence-corrected chi connectivity index (χ3v) is 5.78. The highest BCUT2D eigenvalue weighted by Gasteiger charge is 2.27. The third kappa shape index (κ3) is 3.40. The van der Waals surface area contributed by atoms with Crippen LogP contribution in [-0.2, 0) is 13.0 Å². The van der Waals surface area contributed by atoms with E-state index in [0.717, 1.165) is 35.1 Å². The summed E-state index contributed by atoms with van der Waals surface area (Å²) in [5.41, 5.74) is 4.38. The van der Waals surface area contributed by atoms with Gasteiger partial charge in [-0.25, -0.2) is 0 Å². The number of hydrogen-bond acceptors (Lipinski definition) is 1. The van der Waals surface area contributed by atoms with Crippen molar-refractivity contribution in [3.63, 3.8) is 0 Å². The van der Waals surface area contributed by atoms with Crippen LogP contribution < -0.4 is 15.2 Å². The second-order valence-electron chi connectivity index (χ2n) is 7.55. The number of benzene rings is 1. The molecule has 0 aliphatic carbocycles. The van der Waals surface area contributed by atoms with Crippen molar-refractivity contribution < 1.29 is 9.80 Å². The molecule has 0 bridgehead atoms. The molecular formula is C20H31N3O+2. The number of likely N-dealkylation sites (tertiary alicyclic amines) is 1. The van der Waals surface area contributed by atoms with Crippen LogP contribution in [0.3, 0.4) is 0 Å². The molecule has 1 aliphatic heterocycles. The van der Waals surface area contributed by atoms with E-state index in [9.17, 15) is 4.79 Å². The second kappa shape index (κ2) is 7.08. The van der Waals surface area contributed by atoms with Gasteiger partial charge in [-0.2, -0.15) is 0 Å². The van der Waals surface area contributed by atoms with Crippen LogP contribution in [0.4, 0.5) is 0 Å². The van der Waals surface area contributed by atoms with Crippen LogP contribution in [-0.4, -0.2) is 38.2 Å². The Morgan fingerprint density at radius 1 is 1.29 bits per heavy atom. The van der Waals surface area contributed by atoms with Gasteiger partial charge in [-0.3, -0.25) is 4.79 Å². The van der Waals surface area contributed by atoms with Crippen LogP contribution in [0.1, 0.15) is 36.6 Å². The fraction of sp³-hybridized carbons (Fsp3) is 0.550. The van der Waals surface area contributed by atoms with Gasteiger partial charge in [0.05, 0.1) is 38.8 Å². The van der Waals surface area contributed by atoms with Crippen molar-refractivity contribution in [2.24, 2.45) is 0 Å². The molecule has 3 rings (SSSR count). The quantitative estimate of drug-likeness (QED) is 0.731. The predicted molar refractivity (Wildman–Crippen MR) is 98.9 cm³/mol. The lowest BCUT2D eigenvalue weighted by molar-refractivity contribution is -0.948. The standard InChI is InChI=1S/C20H29N3O/c1-5-15-6-7-19-17(12-15)20(24)18(14(2)21-19)13-23(4)16-8-10-22(3)11-9-16/h6-7,12,16H,5,8-11,13H2,1-4H3,(H,21,24)/p+2. The molecule has 1 aromatic carbocycles. The lowest BCUT2D eigenvalue weighted by Crippen LogP contribution is -3.17.